The molecule has 1 aromatic carbocycles. The fourth-order valence-corrected chi connectivity index (χ4v) is 4.48. The molecule has 1 saturated carbocycles. The van der Waals surface area contributed by atoms with E-state index in [4.69, 9.17) is 4.74 Å². The summed E-state index contributed by atoms with van der Waals surface area (Å²) in [6.07, 6.45) is 4.02. The number of thioether (sulfide) groups is 1. The third-order valence-electron chi connectivity index (χ3n) is 5.57. The first kappa shape index (κ1) is 21.0. The summed E-state index contributed by atoms with van der Waals surface area (Å²) in [6, 6.07) is 14.1. The van der Waals surface area contributed by atoms with Gasteiger partial charge in [0.05, 0.1) is 37.4 Å². The summed E-state index contributed by atoms with van der Waals surface area (Å²) in [6.45, 7) is 3.82. The highest BCUT2D eigenvalue weighted by molar-refractivity contribution is 7.99. The van der Waals surface area contributed by atoms with Gasteiger partial charge >= 0.3 is 0 Å². The second kappa shape index (κ2) is 9.70. The van der Waals surface area contributed by atoms with Gasteiger partial charge in [0.2, 0.25) is 5.91 Å². The van der Waals surface area contributed by atoms with E-state index in [0.717, 1.165) is 62.5 Å². The van der Waals surface area contributed by atoms with Gasteiger partial charge in [0.25, 0.3) is 0 Å². The molecule has 32 heavy (non-hydrogen) atoms. The number of nitrogens with one attached hydrogen (secondary N) is 1. The third kappa shape index (κ3) is 5.11. The molecule has 2 aromatic heterocycles. The molecule has 1 aliphatic heterocycles. The molecular formula is C23H26N6O2S. The zero-order valence-corrected chi connectivity index (χ0v) is 18.6. The van der Waals surface area contributed by atoms with Crippen LogP contribution in [0.2, 0.25) is 0 Å². The molecule has 0 bridgehead atoms. The van der Waals surface area contributed by atoms with Gasteiger partial charge in [0, 0.05) is 19.0 Å². The summed E-state index contributed by atoms with van der Waals surface area (Å²) in [5.41, 5.74) is 1.89. The molecule has 0 spiro atoms. The molecule has 1 amide bonds. The van der Waals surface area contributed by atoms with Crippen molar-refractivity contribution in [2.45, 2.75) is 30.5 Å². The minimum atomic E-state index is -0.0850. The maximum atomic E-state index is 12.6. The van der Waals surface area contributed by atoms with Crippen LogP contribution in [0, 0.1) is 0 Å². The van der Waals surface area contributed by atoms with Gasteiger partial charge in [0.15, 0.2) is 5.16 Å². The highest BCUT2D eigenvalue weighted by Crippen LogP contribution is 2.40. The van der Waals surface area contributed by atoms with Crippen molar-refractivity contribution in [1.29, 1.82) is 0 Å². The molecule has 166 valence electrons. The lowest BCUT2D eigenvalue weighted by molar-refractivity contribution is -0.113. The van der Waals surface area contributed by atoms with Gasteiger partial charge < -0.3 is 19.5 Å². The van der Waals surface area contributed by atoms with Crippen LogP contribution in [0.1, 0.15) is 30.1 Å². The molecule has 3 heterocycles. The van der Waals surface area contributed by atoms with Crippen molar-refractivity contribution in [3.05, 3.63) is 60.0 Å². The van der Waals surface area contributed by atoms with E-state index in [9.17, 15) is 4.79 Å². The third-order valence-corrected chi connectivity index (χ3v) is 6.54. The lowest BCUT2D eigenvalue weighted by atomic mass is 10.2. The Labute approximate surface area is 191 Å². The van der Waals surface area contributed by atoms with Crippen LogP contribution < -0.4 is 10.2 Å². The molecule has 2 aliphatic rings. The number of carbonyl (C=O) groups excluding carboxylic acids is 1. The van der Waals surface area contributed by atoms with Crippen molar-refractivity contribution < 1.29 is 9.53 Å². The number of rotatable bonds is 8. The molecule has 1 N–H and O–H groups in total. The van der Waals surface area contributed by atoms with Crippen molar-refractivity contribution in [1.82, 2.24) is 19.7 Å². The monoisotopic (exact) mass is 450 g/mol. The zero-order valence-electron chi connectivity index (χ0n) is 17.8. The van der Waals surface area contributed by atoms with Crippen LogP contribution in [0.5, 0.6) is 0 Å². The predicted molar refractivity (Wildman–Crippen MR) is 124 cm³/mol. The molecule has 5 rings (SSSR count). The Balaban J connectivity index is 1.20. The van der Waals surface area contributed by atoms with Crippen LogP contribution in [0.4, 0.5) is 11.5 Å². The number of ether oxygens (including phenoxy) is 1. The summed E-state index contributed by atoms with van der Waals surface area (Å²) in [4.78, 5) is 19.2. The smallest absolute Gasteiger partial charge is 0.234 e. The maximum Gasteiger partial charge on any atom is 0.234 e. The fraction of sp³-hybridized carbons (Fsp3) is 0.391. The number of hydrogen-bond donors (Lipinski definition) is 1. The lowest BCUT2D eigenvalue weighted by Crippen LogP contribution is -2.36. The molecule has 1 aliphatic carbocycles. The van der Waals surface area contributed by atoms with Gasteiger partial charge in [0.1, 0.15) is 11.6 Å². The van der Waals surface area contributed by atoms with Gasteiger partial charge in [-0.2, -0.15) is 0 Å². The van der Waals surface area contributed by atoms with E-state index in [-0.39, 0.29) is 11.7 Å². The van der Waals surface area contributed by atoms with E-state index >= 15 is 0 Å². The molecule has 2 fully saturated rings. The van der Waals surface area contributed by atoms with Crippen LogP contribution in [0.15, 0.2) is 53.8 Å². The first-order valence-corrected chi connectivity index (χ1v) is 11.9. The van der Waals surface area contributed by atoms with Crippen LogP contribution in [0.3, 0.4) is 0 Å². The number of hydrogen-bond acceptors (Lipinski definition) is 7. The van der Waals surface area contributed by atoms with Gasteiger partial charge in [-0.1, -0.05) is 42.1 Å². The molecule has 9 heteroatoms. The second-order valence-corrected chi connectivity index (χ2v) is 8.97. The fourth-order valence-electron chi connectivity index (χ4n) is 3.73. The average Bonchev–Trinajstić information content (AvgIpc) is 3.61. The first-order chi connectivity index (χ1) is 15.8. The van der Waals surface area contributed by atoms with Crippen molar-refractivity contribution in [3.8, 4) is 0 Å². The largest absolute Gasteiger partial charge is 0.378 e. The van der Waals surface area contributed by atoms with Crippen LogP contribution in [-0.2, 0) is 16.1 Å². The second-order valence-electron chi connectivity index (χ2n) is 8.03. The number of aromatic nitrogens is 4. The number of nitrogens with zero attached hydrogens (tertiary/aromatic N) is 5. The molecule has 0 radical (unpaired) electrons. The minimum Gasteiger partial charge on any atom is -0.378 e. The van der Waals surface area contributed by atoms with Gasteiger partial charge in [-0.05, 0) is 30.5 Å². The molecular weight excluding hydrogens is 424 g/mol. The topological polar surface area (TPSA) is 85.2 Å². The van der Waals surface area contributed by atoms with E-state index in [1.165, 1.54) is 17.3 Å². The number of anilines is 2. The molecule has 0 unspecified atom stereocenters. The number of benzene rings is 1. The van der Waals surface area contributed by atoms with Gasteiger partial charge in [-0.3, -0.25) is 4.79 Å². The Morgan fingerprint density at radius 3 is 2.62 bits per heavy atom. The normalized spacial score (nSPS) is 16.2. The summed E-state index contributed by atoms with van der Waals surface area (Å²) < 4.78 is 7.54. The van der Waals surface area contributed by atoms with Crippen LogP contribution >= 0.6 is 11.8 Å². The first-order valence-electron chi connectivity index (χ1n) is 10.9. The highest BCUT2D eigenvalue weighted by Gasteiger charge is 2.30. The Bertz CT molecular complexity index is 1050. The number of pyridine rings is 1. The Morgan fingerprint density at radius 1 is 1.09 bits per heavy atom. The van der Waals surface area contributed by atoms with E-state index in [1.807, 2.05) is 30.3 Å². The van der Waals surface area contributed by atoms with Crippen molar-refractivity contribution in [2.75, 3.05) is 42.3 Å². The number of carbonyl (C=O) groups is 1. The standard InChI is InChI=1S/C23H26N6O2S/c30-21(25-19-8-9-20(24-14-19)28-10-12-31-13-11-28)16-32-23-27-26-22(18-6-7-18)29(23)15-17-4-2-1-3-5-17/h1-5,8-9,14,18H,6-7,10-13,15-16H2,(H,25,30). The molecule has 8 nitrogen and oxygen atoms in total. The van der Waals surface area contributed by atoms with Crippen molar-refractivity contribution in [3.63, 3.8) is 0 Å². The van der Waals surface area contributed by atoms with Crippen LogP contribution in [0.25, 0.3) is 0 Å². The molecule has 1 saturated heterocycles. The molecule has 3 aromatic rings. The van der Waals surface area contributed by atoms with Crippen molar-refractivity contribution in [2.24, 2.45) is 0 Å². The number of amides is 1. The van der Waals surface area contributed by atoms with E-state index in [2.05, 4.69) is 42.1 Å². The van der Waals surface area contributed by atoms with E-state index in [1.54, 1.807) is 6.20 Å². The zero-order chi connectivity index (χ0) is 21.8. The summed E-state index contributed by atoms with van der Waals surface area (Å²) in [5.74, 6) is 2.61. The summed E-state index contributed by atoms with van der Waals surface area (Å²) in [7, 11) is 0. The Hall–Kier alpha value is -2.91. The summed E-state index contributed by atoms with van der Waals surface area (Å²) >= 11 is 1.42. The Kier molecular flexibility index (Phi) is 6.36. The molecule has 0 atom stereocenters. The Morgan fingerprint density at radius 2 is 1.91 bits per heavy atom. The van der Waals surface area contributed by atoms with E-state index in [0.29, 0.717) is 11.6 Å². The lowest BCUT2D eigenvalue weighted by Gasteiger charge is -2.27. The van der Waals surface area contributed by atoms with Gasteiger partial charge in [-0.25, -0.2) is 4.98 Å². The van der Waals surface area contributed by atoms with E-state index < -0.39 is 0 Å². The van der Waals surface area contributed by atoms with Gasteiger partial charge in [-0.15, -0.1) is 10.2 Å². The van der Waals surface area contributed by atoms with Crippen LogP contribution in [-0.4, -0.2) is 57.7 Å². The highest BCUT2D eigenvalue weighted by atomic mass is 32.2. The minimum absolute atomic E-state index is 0.0850. The quantitative estimate of drug-likeness (QED) is 0.528. The summed E-state index contributed by atoms with van der Waals surface area (Å²) in [5, 5.41) is 12.5. The SMILES string of the molecule is O=C(CSc1nnc(C2CC2)n1Cc1ccccc1)Nc1ccc(N2CCOCC2)nc1. The van der Waals surface area contributed by atoms with Crippen molar-refractivity contribution >= 4 is 29.2 Å². The predicted octanol–water partition coefficient (Wildman–Crippen LogP) is 3.17. The average molecular weight is 451 g/mol. The number of morpholine rings is 1. The maximum absolute atomic E-state index is 12.6.